The second-order valence-electron chi connectivity index (χ2n) is 6.49. The lowest BCUT2D eigenvalue weighted by Gasteiger charge is -2.34. The molecule has 1 aliphatic rings. The molecule has 144 valence electrons. The van der Waals surface area contributed by atoms with Gasteiger partial charge in [0.1, 0.15) is 5.69 Å². The lowest BCUT2D eigenvalue weighted by atomic mass is 10.3. The maximum atomic E-state index is 13.0. The van der Waals surface area contributed by atoms with Crippen LogP contribution in [0.5, 0.6) is 0 Å². The Bertz CT molecular complexity index is 1060. The van der Waals surface area contributed by atoms with Crippen molar-refractivity contribution >= 4 is 15.9 Å². The molecule has 0 aliphatic carbocycles. The Morgan fingerprint density at radius 1 is 0.857 bits per heavy atom. The van der Waals surface area contributed by atoms with Crippen molar-refractivity contribution in [2.24, 2.45) is 0 Å². The minimum atomic E-state index is -3.54. The van der Waals surface area contributed by atoms with Crippen LogP contribution >= 0.6 is 0 Å². The molecule has 4 rings (SSSR count). The van der Waals surface area contributed by atoms with Gasteiger partial charge in [0, 0.05) is 31.9 Å². The van der Waals surface area contributed by atoms with Gasteiger partial charge in [-0.1, -0.05) is 36.4 Å². The molecule has 0 spiro atoms. The van der Waals surface area contributed by atoms with Crippen molar-refractivity contribution in [1.82, 2.24) is 18.8 Å². The number of nitrogens with zero attached hydrogens (tertiary/aromatic N) is 4. The molecule has 3 aromatic rings. The van der Waals surface area contributed by atoms with Crippen molar-refractivity contribution in [2.75, 3.05) is 26.2 Å². The quantitative estimate of drug-likeness (QED) is 0.676. The minimum Gasteiger partial charge on any atom is -0.335 e. The highest BCUT2D eigenvalue weighted by molar-refractivity contribution is 7.89. The van der Waals surface area contributed by atoms with Crippen LogP contribution in [0.3, 0.4) is 0 Å². The molecule has 2 heterocycles. The van der Waals surface area contributed by atoms with Gasteiger partial charge in [-0.05, 0) is 24.3 Å². The van der Waals surface area contributed by atoms with Crippen LogP contribution in [0.25, 0.3) is 5.69 Å². The zero-order valence-corrected chi connectivity index (χ0v) is 16.0. The molecule has 1 amide bonds. The summed E-state index contributed by atoms with van der Waals surface area (Å²) in [5, 5.41) is 0. The van der Waals surface area contributed by atoms with Gasteiger partial charge in [-0.3, -0.25) is 9.36 Å². The summed E-state index contributed by atoms with van der Waals surface area (Å²) in [6.45, 7) is 1.21. The topological polar surface area (TPSA) is 75.5 Å². The molecule has 0 atom stereocenters. The third-order valence-electron chi connectivity index (χ3n) is 4.80. The molecule has 2 aromatic carbocycles. The molecule has 0 saturated carbocycles. The fraction of sp³-hybridized carbons (Fsp3) is 0.200. The molecule has 0 bridgehead atoms. The maximum absolute atomic E-state index is 13.0. The van der Waals surface area contributed by atoms with Gasteiger partial charge in [-0.2, -0.15) is 4.31 Å². The summed E-state index contributed by atoms with van der Waals surface area (Å²) in [5.74, 6) is -0.155. The van der Waals surface area contributed by atoms with Crippen LogP contribution in [0, 0.1) is 0 Å². The molecular weight excluding hydrogens is 376 g/mol. The van der Waals surface area contributed by atoms with E-state index in [0.717, 1.165) is 5.69 Å². The first-order valence-corrected chi connectivity index (χ1v) is 10.4. The lowest BCUT2D eigenvalue weighted by Crippen LogP contribution is -2.50. The number of hydrogen-bond acceptors (Lipinski definition) is 4. The number of para-hydroxylation sites is 1. The van der Waals surface area contributed by atoms with Gasteiger partial charge < -0.3 is 4.90 Å². The van der Waals surface area contributed by atoms with Gasteiger partial charge in [-0.15, -0.1) is 0 Å². The predicted molar refractivity (Wildman–Crippen MR) is 105 cm³/mol. The Morgan fingerprint density at radius 3 is 2.11 bits per heavy atom. The fourth-order valence-electron chi connectivity index (χ4n) is 3.28. The van der Waals surface area contributed by atoms with E-state index in [-0.39, 0.29) is 23.9 Å². The summed E-state index contributed by atoms with van der Waals surface area (Å²) in [7, 11) is -3.54. The Hall–Kier alpha value is -2.97. The van der Waals surface area contributed by atoms with E-state index in [0.29, 0.717) is 18.8 Å². The van der Waals surface area contributed by atoms with Crippen LogP contribution in [-0.2, 0) is 10.0 Å². The number of amides is 1. The van der Waals surface area contributed by atoms with Crippen molar-refractivity contribution in [1.29, 1.82) is 0 Å². The normalized spacial score (nSPS) is 15.5. The van der Waals surface area contributed by atoms with Crippen molar-refractivity contribution in [3.63, 3.8) is 0 Å². The van der Waals surface area contributed by atoms with Crippen LogP contribution in [0.1, 0.15) is 10.5 Å². The fourth-order valence-corrected chi connectivity index (χ4v) is 4.73. The van der Waals surface area contributed by atoms with E-state index >= 15 is 0 Å². The van der Waals surface area contributed by atoms with E-state index in [1.807, 2.05) is 30.3 Å². The van der Waals surface area contributed by atoms with E-state index in [1.165, 1.54) is 4.31 Å². The maximum Gasteiger partial charge on any atom is 0.272 e. The van der Waals surface area contributed by atoms with E-state index < -0.39 is 10.0 Å². The lowest BCUT2D eigenvalue weighted by molar-refractivity contribution is 0.0690. The van der Waals surface area contributed by atoms with Crippen LogP contribution in [0.15, 0.2) is 78.1 Å². The molecule has 0 unspecified atom stereocenters. The average Bonchev–Trinajstić information content (AvgIpc) is 3.24. The molecule has 1 saturated heterocycles. The molecule has 1 aromatic heterocycles. The summed E-state index contributed by atoms with van der Waals surface area (Å²) >= 11 is 0. The van der Waals surface area contributed by atoms with Gasteiger partial charge >= 0.3 is 0 Å². The summed E-state index contributed by atoms with van der Waals surface area (Å²) in [6.07, 6.45) is 3.15. The SMILES string of the molecule is O=C(c1cncn1-c1ccccc1)N1CCN(S(=O)(=O)c2ccccc2)CC1. The summed E-state index contributed by atoms with van der Waals surface area (Å²) in [6, 6.07) is 17.9. The molecule has 8 heteroatoms. The van der Waals surface area contributed by atoms with Gasteiger partial charge in [0.05, 0.1) is 17.4 Å². The highest BCUT2D eigenvalue weighted by Crippen LogP contribution is 2.19. The number of rotatable bonds is 4. The van der Waals surface area contributed by atoms with Crippen LogP contribution in [-0.4, -0.2) is 59.3 Å². The van der Waals surface area contributed by atoms with E-state index in [9.17, 15) is 13.2 Å². The first-order valence-electron chi connectivity index (χ1n) is 8.99. The largest absolute Gasteiger partial charge is 0.335 e. The van der Waals surface area contributed by atoms with Gasteiger partial charge in [0.15, 0.2) is 0 Å². The van der Waals surface area contributed by atoms with Gasteiger partial charge in [0.2, 0.25) is 10.0 Å². The summed E-state index contributed by atoms with van der Waals surface area (Å²) < 4.78 is 28.7. The number of sulfonamides is 1. The highest BCUT2D eigenvalue weighted by atomic mass is 32.2. The molecule has 28 heavy (non-hydrogen) atoms. The molecule has 0 radical (unpaired) electrons. The van der Waals surface area contributed by atoms with Gasteiger partial charge in [-0.25, -0.2) is 13.4 Å². The average molecular weight is 396 g/mol. The first-order chi connectivity index (χ1) is 13.6. The number of aromatic nitrogens is 2. The third-order valence-corrected chi connectivity index (χ3v) is 6.71. The molecule has 7 nitrogen and oxygen atoms in total. The van der Waals surface area contributed by atoms with Crippen LogP contribution < -0.4 is 0 Å². The first kappa shape index (κ1) is 18.4. The molecular formula is C20H20N4O3S. The third kappa shape index (κ3) is 3.44. The van der Waals surface area contributed by atoms with Crippen molar-refractivity contribution < 1.29 is 13.2 Å². The highest BCUT2D eigenvalue weighted by Gasteiger charge is 2.31. The number of benzene rings is 2. The standard InChI is InChI=1S/C20H20N4O3S/c25-20(19-15-21-16-24(19)17-7-3-1-4-8-17)22-11-13-23(14-12-22)28(26,27)18-9-5-2-6-10-18/h1-10,15-16H,11-14H2. The van der Waals surface area contributed by atoms with E-state index in [4.69, 9.17) is 0 Å². The number of carbonyl (C=O) groups is 1. The second kappa shape index (κ2) is 7.57. The van der Waals surface area contributed by atoms with Gasteiger partial charge in [0.25, 0.3) is 5.91 Å². The predicted octanol–water partition coefficient (Wildman–Crippen LogP) is 2.02. The number of piperazine rings is 1. The molecule has 0 N–H and O–H groups in total. The Labute approximate surface area is 163 Å². The van der Waals surface area contributed by atoms with Crippen LogP contribution in [0.2, 0.25) is 0 Å². The Morgan fingerprint density at radius 2 is 1.46 bits per heavy atom. The number of hydrogen-bond donors (Lipinski definition) is 0. The minimum absolute atomic E-state index is 0.155. The zero-order valence-electron chi connectivity index (χ0n) is 15.2. The summed E-state index contributed by atoms with van der Waals surface area (Å²) in [4.78, 5) is 19.0. The number of imidazole rings is 1. The van der Waals surface area contributed by atoms with Crippen molar-refractivity contribution in [3.05, 3.63) is 78.9 Å². The smallest absolute Gasteiger partial charge is 0.272 e. The van der Waals surface area contributed by atoms with Crippen molar-refractivity contribution in [2.45, 2.75) is 4.90 Å². The number of carbonyl (C=O) groups excluding carboxylic acids is 1. The van der Waals surface area contributed by atoms with Crippen LogP contribution in [0.4, 0.5) is 0 Å². The summed E-state index contributed by atoms with van der Waals surface area (Å²) in [5.41, 5.74) is 1.32. The second-order valence-corrected chi connectivity index (χ2v) is 8.43. The molecule has 1 aliphatic heterocycles. The zero-order chi connectivity index (χ0) is 19.6. The molecule has 1 fully saturated rings. The van der Waals surface area contributed by atoms with E-state index in [2.05, 4.69) is 4.98 Å². The monoisotopic (exact) mass is 396 g/mol. The Kier molecular flexibility index (Phi) is 4.97. The Balaban J connectivity index is 1.48. The van der Waals surface area contributed by atoms with Crippen molar-refractivity contribution in [3.8, 4) is 5.69 Å². The van der Waals surface area contributed by atoms with E-state index in [1.54, 1.807) is 52.3 Å².